The van der Waals surface area contributed by atoms with Crippen LogP contribution in [0.2, 0.25) is 0 Å². The Balaban J connectivity index is 0.00000161. The molecule has 122 valence electrons. The van der Waals surface area contributed by atoms with Gasteiger partial charge in [0.1, 0.15) is 0 Å². The summed E-state index contributed by atoms with van der Waals surface area (Å²) < 4.78 is 0. The molecule has 0 aromatic heterocycles. The minimum absolute atomic E-state index is 0. The van der Waals surface area contributed by atoms with Crippen LogP contribution >= 0.6 is 24.0 Å². The number of rotatable bonds is 5. The summed E-state index contributed by atoms with van der Waals surface area (Å²) in [5, 5.41) is 3.56. The molecule has 3 aliphatic rings. The second-order valence-corrected chi connectivity index (χ2v) is 6.81. The van der Waals surface area contributed by atoms with Crippen LogP contribution < -0.4 is 5.32 Å². The summed E-state index contributed by atoms with van der Waals surface area (Å²) in [4.78, 5) is 9.59. The van der Waals surface area contributed by atoms with Crippen LogP contribution in [0, 0.1) is 11.8 Å². The Morgan fingerprint density at radius 3 is 2.52 bits per heavy atom. The van der Waals surface area contributed by atoms with Gasteiger partial charge in [0.2, 0.25) is 0 Å². The third kappa shape index (κ3) is 5.27. The number of likely N-dealkylation sites (tertiary alicyclic amines) is 2. The predicted octanol–water partition coefficient (Wildman–Crippen LogP) is 2.40. The molecule has 0 spiro atoms. The first kappa shape index (κ1) is 17.3. The van der Waals surface area contributed by atoms with E-state index in [9.17, 15) is 0 Å². The standard InChI is InChI=1S/C16H30N4.HI/c1-17-16(18-8-6-14-4-5-14)20-11-7-15(13-20)12-19-9-2-3-10-19;/h14-15H,2-13H2,1H3,(H,17,18);1H. The van der Waals surface area contributed by atoms with Gasteiger partial charge in [-0.15, -0.1) is 24.0 Å². The van der Waals surface area contributed by atoms with Crippen molar-refractivity contribution in [3.8, 4) is 0 Å². The van der Waals surface area contributed by atoms with E-state index >= 15 is 0 Å². The van der Waals surface area contributed by atoms with E-state index in [-0.39, 0.29) is 24.0 Å². The van der Waals surface area contributed by atoms with Gasteiger partial charge in [-0.2, -0.15) is 0 Å². The van der Waals surface area contributed by atoms with Crippen molar-refractivity contribution in [3.05, 3.63) is 0 Å². The van der Waals surface area contributed by atoms with Gasteiger partial charge in [-0.05, 0) is 50.6 Å². The summed E-state index contributed by atoms with van der Waals surface area (Å²) in [6.07, 6.45) is 8.36. The van der Waals surface area contributed by atoms with Crippen molar-refractivity contribution in [1.82, 2.24) is 15.1 Å². The van der Waals surface area contributed by atoms with Crippen LogP contribution in [0.25, 0.3) is 0 Å². The lowest BCUT2D eigenvalue weighted by atomic mass is 10.1. The highest BCUT2D eigenvalue weighted by molar-refractivity contribution is 14.0. The van der Waals surface area contributed by atoms with Crippen molar-refractivity contribution in [2.45, 2.75) is 38.5 Å². The number of guanidine groups is 1. The number of hydrogen-bond donors (Lipinski definition) is 1. The third-order valence-electron chi connectivity index (χ3n) is 5.04. The molecule has 2 heterocycles. The van der Waals surface area contributed by atoms with Gasteiger partial charge < -0.3 is 15.1 Å². The molecule has 1 unspecified atom stereocenters. The number of halogens is 1. The van der Waals surface area contributed by atoms with Crippen LogP contribution in [0.5, 0.6) is 0 Å². The molecule has 0 bridgehead atoms. The summed E-state index contributed by atoms with van der Waals surface area (Å²) >= 11 is 0. The SMILES string of the molecule is CN=C(NCCC1CC1)N1CCC(CN2CCCC2)C1.I. The number of hydrogen-bond acceptors (Lipinski definition) is 2. The van der Waals surface area contributed by atoms with Gasteiger partial charge in [0.25, 0.3) is 0 Å². The molecular weight excluding hydrogens is 375 g/mol. The normalized spacial score (nSPS) is 27.0. The molecule has 5 heteroatoms. The highest BCUT2D eigenvalue weighted by Gasteiger charge is 2.27. The second kappa shape index (κ2) is 8.56. The predicted molar refractivity (Wildman–Crippen MR) is 99.5 cm³/mol. The van der Waals surface area contributed by atoms with Crippen LogP contribution in [0.4, 0.5) is 0 Å². The summed E-state index contributed by atoms with van der Waals surface area (Å²) in [5.74, 6) is 2.98. The van der Waals surface area contributed by atoms with Crippen molar-refractivity contribution in [2.24, 2.45) is 16.8 Å². The van der Waals surface area contributed by atoms with Crippen LogP contribution in [-0.4, -0.2) is 62.1 Å². The summed E-state index contributed by atoms with van der Waals surface area (Å²) in [6.45, 7) is 7.43. The Labute approximate surface area is 146 Å². The van der Waals surface area contributed by atoms with E-state index in [1.165, 1.54) is 71.2 Å². The van der Waals surface area contributed by atoms with E-state index in [0.717, 1.165) is 24.3 Å². The van der Waals surface area contributed by atoms with Gasteiger partial charge in [-0.1, -0.05) is 12.8 Å². The Morgan fingerprint density at radius 2 is 1.86 bits per heavy atom. The molecule has 0 aromatic carbocycles. The topological polar surface area (TPSA) is 30.9 Å². The van der Waals surface area contributed by atoms with Crippen LogP contribution in [0.15, 0.2) is 4.99 Å². The Kier molecular flexibility index (Phi) is 7.05. The van der Waals surface area contributed by atoms with E-state index in [1.807, 2.05) is 7.05 Å². The summed E-state index contributed by atoms with van der Waals surface area (Å²) in [5.41, 5.74) is 0. The highest BCUT2D eigenvalue weighted by atomic mass is 127. The number of aliphatic imine (C=N–C) groups is 1. The molecule has 0 amide bonds. The number of nitrogens with one attached hydrogen (secondary N) is 1. The van der Waals surface area contributed by atoms with Crippen LogP contribution in [0.1, 0.15) is 38.5 Å². The van der Waals surface area contributed by atoms with Crippen molar-refractivity contribution >= 4 is 29.9 Å². The Hall–Kier alpha value is -0.0400. The molecule has 1 atom stereocenters. The maximum Gasteiger partial charge on any atom is 0.193 e. The molecular formula is C16H31IN4. The van der Waals surface area contributed by atoms with Crippen LogP contribution in [-0.2, 0) is 0 Å². The van der Waals surface area contributed by atoms with Gasteiger partial charge in [0, 0.05) is 33.2 Å². The van der Waals surface area contributed by atoms with Gasteiger partial charge in [0.15, 0.2) is 5.96 Å². The first-order chi connectivity index (χ1) is 9.85. The average molecular weight is 406 g/mol. The molecule has 2 aliphatic heterocycles. The molecule has 0 radical (unpaired) electrons. The Morgan fingerprint density at radius 1 is 1.10 bits per heavy atom. The Bertz CT molecular complexity index is 337. The quantitative estimate of drug-likeness (QED) is 0.432. The molecule has 21 heavy (non-hydrogen) atoms. The third-order valence-corrected chi connectivity index (χ3v) is 5.04. The van der Waals surface area contributed by atoms with Crippen molar-refractivity contribution < 1.29 is 0 Å². The lowest BCUT2D eigenvalue weighted by Crippen LogP contribution is -2.41. The summed E-state index contributed by atoms with van der Waals surface area (Å²) in [6, 6.07) is 0. The highest BCUT2D eigenvalue weighted by Crippen LogP contribution is 2.31. The van der Waals surface area contributed by atoms with Crippen molar-refractivity contribution in [3.63, 3.8) is 0 Å². The lowest BCUT2D eigenvalue weighted by molar-refractivity contribution is 0.281. The molecule has 2 saturated heterocycles. The molecule has 3 rings (SSSR count). The first-order valence-corrected chi connectivity index (χ1v) is 8.53. The van der Waals surface area contributed by atoms with Gasteiger partial charge in [-0.25, -0.2) is 0 Å². The smallest absolute Gasteiger partial charge is 0.193 e. The molecule has 0 aromatic rings. The van der Waals surface area contributed by atoms with Crippen molar-refractivity contribution in [1.29, 1.82) is 0 Å². The molecule has 4 nitrogen and oxygen atoms in total. The van der Waals surface area contributed by atoms with Gasteiger partial charge >= 0.3 is 0 Å². The monoisotopic (exact) mass is 406 g/mol. The fourth-order valence-corrected chi connectivity index (χ4v) is 3.63. The fraction of sp³-hybridized carbons (Fsp3) is 0.938. The molecule has 1 aliphatic carbocycles. The minimum Gasteiger partial charge on any atom is -0.356 e. The van der Waals surface area contributed by atoms with Gasteiger partial charge in [0.05, 0.1) is 0 Å². The first-order valence-electron chi connectivity index (χ1n) is 8.53. The van der Waals surface area contributed by atoms with E-state index < -0.39 is 0 Å². The fourth-order valence-electron chi connectivity index (χ4n) is 3.63. The maximum absolute atomic E-state index is 4.47. The minimum atomic E-state index is 0. The van der Waals surface area contributed by atoms with E-state index in [2.05, 4.69) is 20.1 Å². The zero-order valence-electron chi connectivity index (χ0n) is 13.4. The maximum atomic E-state index is 4.47. The van der Waals surface area contributed by atoms with Gasteiger partial charge in [-0.3, -0.25) is 4.99 Å². The molecule has 1 N–H and O–H groups in total. The van der Waals surface area contributed by atoms with E-state index in [4.69, 9.17) is 0 Å². The van der Waals surface area contributed by atoms with Crippen LogP contribution in [0.3, 0.4) is 0 Å². The average Bonchev–Trinajstić information content (AvgIpc) is 2.94. The zero-order valence-corrected chi connectivity index (χ0v) is 15.7. The second-order valence-electron chi connectivity index (χ2n) is 6.81. The summed E-state index contributed by atoms with van der Waals surface area (Å²) in [7, 11) is 1.92. The largest absolute Gasteiger partial charge is 0.356 e. The van der Waals surface area contributed by atoms with E-state index in [1.54, 1.807) is 0 Å². The molecule has 3 fully saturated rings. The zero-order chi connectivity index (χ0) is 13.8. The number of nitrogens with zero attached hydrogens (tertiary/aromatic N) is 3. The molecule has 1 saturated carbocycles. The lowest BCUT2D eigenvalue weighted by Gasteiger charge is -2.23. The van der Waals surface area contributed by atoms with Crippen molar-refractivity contribution in [2.75, 3.05) is 46.3 Å². The van der Waals surface area contributed by atoms with E-state index in [0.29, 0.717) is 0 Å².